The number of carboxylic acid groups (broad SMARTS) is 1. The second kappa shape index (κ2) is 5.91. The van der Waals surface area contributed by atoms with Gasteiger partial charge in [-0.2, -0.15) is 9.78 Å². The molecule has 7 nitrogen and oxygen atoms in total. The highest BCUT2D eigenvalue weighted by atomic mass is 16.5. The lowest BCUT2D eigenvalue weighted by atomic mass is 10.3. The van der Waals surface area contributed by atoms with Crippen LogP contribution in [0.2, 0.25) is 0 Å². The molecule has 0 fully saturated rings. The normalized spacial score (nSPS) is 10.7. The van der Waals surface area contributed by atoms with E-state index in [1.165, 1.54) is 7.11 Å². The van der Waals surface area contributed by atoms with Crippen molar-refractivity contribution < 1.29 is 19.7 Å². The van der Waals surface area contributed by atoms with Crippen molar-refractivity contribution in [3.8, 4) is 17.2 Å². The molecule has 0 bridgehead atoms. The van der Waals surface area contributed by atoms with E-state index in [2.05, 4.69) is 5.10 Å². The van der Waals surface area contributed by atoms with Crippen molar-refractivity contribution in [3.05, 3.63) is 52.5 Å². The summed E-state index contributed by atoms with van der Waals surface area (Å²) >= 11 is 0. The summed E-state index contributed by atoms with van der Waals surface area (Å²) in [6.07, 6.45) is 1.93. The van der Waals surface area contributed by atoms with Gasteiger partial charge in [-0.25, -0.2) is 4.79 Å². The van der Waals surface area contributed by atoms with Gasteiger partial charge in [0, 0.05) is 18.2 Å². The van der Waals surface area contributed by atoms with E-state index in [4.69, 9.17) is 9.84 Å². The van der Waals surface area contributed by atoms with Crippen molar-refractivity contribution in [3.63, 3.8) is 0 Å². The van der Waals surface area contributed by atoms with E-state index < -0.39 is 17.3 Å². The van der Waals surface area contributed by atoms with Gasteiger partial charge in [0.25, 0.3) is 5.56 Å². The fraction of sp³-hybridized carbons (Fsp3) is 0.0714. The minimum absolute atomic E-state index is 0.0279. The van der Waals surface area contributed by atoms with E-state index in [0.717, 1.165) is 22.9 Å². The summed E-state index contributed by atoms with van der Waals surface area (Å²) < 4.78 is 6.11. The maximum atomic E-state index is 11.9. The van der Waals surface area contributed by atoms with Crippen molar-refractivity contribution in [2.45, 2.75) is 0 Å². The molecule has 108 valence electrons. The number of carbonyl (C=O) groups is 1. The Morgan fingerprint density at radius 2 is 2.14 bits per heavy atom. The molecule has 0 amide bonds. The van der Waals surface area contributed by atoms with Gasteiger partial charge < -0.3 is 14.9 Å². The number of methoxy groups -OCH3 is 1. The lowest BCUT2D eigenvalue weighted by Crippen LogP contribution is -2.20. The molecule has 0 unspecified atom stereocenters. The van der Waals surface area contributed by atoms with E-state index in [0.29, 0.717) is 11.4 Å². The van der Waals surface area contributed by atoms with Crippen LogP contribution < -0.4 is 10.3 Å². The summed E-state index contributed by atoms with van der Waals surface area (Å²) in [6.45, 7) is 0. The summed E-state index contributed by atoms with van der Waals surface area (Å²) in [5.74, 6) is -1.04. The maximum Gasteiger partial charge on any atom is 0.328 e. The first-order chi connectivity index (χ1) is 10.0. The highest BCUT2D eigenvalue weighted by molar-refractivity contribution is 5.85. The smallest absolute Gasteiger partial charge is 0.328 e. The van der Waals surface area contributed by atoms with Gasteiger partial charge in [-0.15, -0.1) is 0 Å². The molecule has 7 heteroatoms. The number of benzene rings is 1. The van der Waals surface area contributed by atoms with Crippen LogP contribution in [0.15, 0.2) is 41.2 Å². The van der Waals surface area contributed by atoms with Gasteiger partial charge in [0.15, 0.2) is 0 Å². The minimum Gasteiger partial charge on any atom is -0.505 e. The predicted octanol–water partition coefficient (Wildman–Crippen LogP) is 1.04. The van der Waals surface area contributed by atoms with Crippen LogP contribution in [0.5, 0.6) is 11.5 Å². The summed E-state index contributed by atoms with van der Waals surface area (Å²) in [6, 6.07) is 7.59. The van der Waals surface area contributed by atoms with Crippen LogP contribution in [0.3, 0.4) is 0 Å². The zero-order chi connectivity index (χ0) is 15.4. The van der Waals surface area contributed by atoms with Gasteiger partial charge in [0.1, 0.15) is 17.2 Å². The zero-order valence-corrected chi connectivity index (χ0v) is 11.1. The van der Waals surface area contributed by atoms with Crippen molar-refractivity contribution in [1.82, 2.24) is 9.78 Å². The molecule has 0 aliphatic carbocycles. The van der Waals surface area contributed by atoms with Crippen LogP contribution in [0.25, 0.3) is 11.8 Å². The lowest BCUT2D eigenvalue weighted by Gasteiger charge is -2.08. The Balaban J connectivity index is 2.55. The molecule has 0 atom stereocenters. The number of nitrogens with zero attached hydrogens (tertiary/aromatic N) is 2. The largest absolute Gasteiger partial charge is 0.505 e. The Morgan fingerprint density at radius 3 is 2.81 bits per heavy atom. The van der Waals surface area contributed by atoms with E-state index >= 15 is 0 Å². The molecule has 1 heterocycles. The monoisotopic (exact) mass is 288 g/mol. The van der Waals surface area contributed by atoms with Crippen molar-refractivity contribution >= 4 is 12.0 Å². The highest BCUT2D eigenvalue weighted by Gasteiger charge is 2.08. The maximum absolute atomic E-state index is 11.9. The first-order valence-corrected chi connectivity index (χ1v) is 5.90. The molecular formula is C14H12N2O5. The summed E-state index contributed by atoms with van der Waals surface area (Å²) in [7, 11) is 1.49. The molecule has 2 aromatic rings. The standard InChI is InChI=1S/C14H12N2O5/c1-21-10-4-2-3-9(7-10)16-13(18)8-12(17)11(15-16)5-6-14(19)20/h2-8,17H,1H3,(H,19,20)/b6-5+. The molecule has 0 spiro atoms. The van der Waals surface area contributed by atoms with Gasteiger partial charge in [0.2, 0.25) is 0 Å². The van der Waals surface area contributed by atoms with Crippen molar-refractivity contribution in [2.24, 2.45) is 0 Å². The SMILES string of the molecule is COc1cccc(-n2nc(/C=C/C(=O)O)c(O)cc2=O)c1. The average Bonchev–Trinajstić information content (AvgIpc) is 2.46. The van der Waals surface area contributed by atoms with Gasteiger partial charge in [-0.1, -0.05) is 6.07 Å². The Labute approximate surface area is 119 Å². The summed E-state index contributed by atoms with van der Waals surface area (Å²) in [5, 5.41) is 22.2. The third kappa shape index (κ3) is 3.27. The Morgan fingerprint density at radius 1 is 1.38 bits per heavy atom. The van der Waals surface area contributed by atoms with Gasteiger partial charge in [-0.3, -0.25) is 4.79 Å². The van der Waals surface area contributed by atoms with Crippen molar-refractivity contribution in [2.75, 3.05) is 7.11 Å². The number of hydrogen-bond acceptors (Lipinski definition) is 5. The van der Waals surface area contributed by atoms with E-state index in [-0.39, 0.29) is 5.69 Å². The Bertz CT molecular complexity index is 764. The minimum atomic E-state index is -1.18. The number of rotatable bonds is 4. The molecule has 0 saturated heterocycles. The topological polar surface area (TPSA) is 102 Å². The first-order valence-electron chi connectivity index (χ1n) is 5.90. The van der Waals surface area contributed by atoms with Crippen molar-refractivity contribution in [1.29, 1.82) is 0 Å². The van der Waals surface area contributed by atoms with Gasteiger partial charge in [-0.05, 0) is 18.2 Å². The number of aromatic hydroxyl groups is 1. The summed E-state index contributed by atoms with van der Waals surface area (Å²) in [5.41, 5.74) is -0.141. The Hall–Kier alpha value is -3.09. The van der Waals surface area contributed by atoms with E-state index in [9.17, 15) is 14.7 Å². The number of aromatic nitrogens is 2. The van der Waals surface area contributed by atoms with Crippen LogP contribution in [0.4, 0.5) is 0 Å². The van der Waals surface area contributed by atoms with Crippen LogP contribution in [0.1, 0.15) is 5.69 Å². The summed E-state index contributed by atoms with van der Waals surface area (Å²) in [4.78, 5) is 22.4. The number of hydrogen-bond donors (Lipinski definition) is 2. The molecule has 0 aliphatic rings. The zero-order valence-electron chi connectivity index (χ0n) is 11.1. The Kier molecular flexibility index (Phi) is 4.03. The average molecular weight is 288 g/mol. The van der Waals surface area contributed by atoms with Crippen LogP contribution in [-0.2, 0) is 4.79 Å². The predicted molar refractivity (Wildman–Crippen MR) is 74.7 cm³/mol. The van der Waals surface area contributed by atoms with E-state index in [1.807, 2.05) is 0 Å². The van der Waals surface area contributed by atoms with Crippen LogP contribution in [0, 0.1) is 0 Å². The molecule has 1 aromatic carbocycles. The molecule has 0 radical (unpaired) electrons. The second-order valence-corrected chi connectivity index (χ2v) is 4.04. The fourth-order valence-electron chi connectivity index (χ4n) is 1.66. The van der Waals surface area contributed by atoms with Crippen LogP contribution in [-0.4, -0.2) is 33.1 Å². The molecular weight excluding hydrogens is 276 g/mol. The molecule has 0 aliphatic heterocycles. The number of aliphatic carboxylic acids is 1. The first kappa shape index (κ1) is 14.3. The number of carboxylic acids is 1. The molecule has 21 heavy (non-hydrogen) atoms. The molecule has 0 saturated carbocycles. The third-order valence-electron chi connectivity index (χ3n) is 2.62. The fourth-order valence-corrected chi connectivity index (χ4v) is 1.66. The second-order valence-electron chi connectivity index (χ2n) is 4.04. The highest BCUT2D eigenvalue weighted by Crippen LogP contribution is 2.17. The van der Waals surface area contributed by atoms with E-state index in [1.54, 1.807) is 24.3 Å². The van der Waals surface area contributed by atoms with Gasteiger partial charge in [0.05, 0.1) is 12.8 Å². The number of ether oxygens (including phenoxy) is 1. The molecule has 2 rings (SSSR count). The van der Waals surface area contributed by atoms with Crippen LogP contribution >= 0.6 is 0 Å². The molecule has 2 N–H and O–H groups in total. The quantitative estimate of drug-likeness (QED) is 0.815. The lowest BCUT2D eigenvalue weighted by molar-refractivity contribution is -0.131. The third-order valence-corrected chi connectivity index (χ3v) is 2.62. The van der Waals surface area contributed by atoms with Gasteiger partial charge >= 0.3 is 5.97 Å². The molecule has 1 aromatic heterocycles.